The van der Waals surface area contributed by atoms with E-state index in [4.69, 9.17) is 27.9 Å². The minimum absolute atomic E-state index is 0.136. The van der Waals surface area contributed by atoms with Crippen molar-refractivity contribution < 1.29 is 9.53 Å². The summed E-state index contributed by atoms with van der Waals surface area (Å²) in [5.74, 6) is -0.531. The average Bonchev–Trinajstić information content (AvgIpc) is 3.06. The van der Waals surface area contributed by atoms with Gasteiger partial charge in [-0.05, 0) is 42.8 Å². The van der Waals surface area contributed by atoms with Gasteiger partial charge in [-0.25, -0.2) is 9.48 Å². The fourth-order valence-corrected chi connectivity index (χ4v) is 2.82. The van der Waals surface area contributed by atoms with Crippen LogP contribution in [0.15, 0.2) is 48.5 Å². The summed E-state index contributed by atoms with van der Waals surface area (Å²) in [7, 11) is 0. The summed E-state index contributed by atoms with van der Waals surface area (Å²) >= 11 is 12.1. The number of halogens is 2. The van der Waals surface area contributed by atoms with E-state index in [0.29, 0.717) is 15.7 Å². The first-order valence-corrected chi connectivity index (χ1v) is 8.67. The molecule has 0 saturated heterocycles. The maximum atomic E-state index is 12.2. The van der Waals surface area contributed by atoms with Crippen LogP contribution in [0.3, 0.4) is 0 Å². The highest BCUT2D eigenvalue weighted by Crippen LogP contribution is 2.24. The summed E-state index contributed by atoms with van der Waals surface area (Å²) in [4.78, 5) is 12.2. The lowest BCUT2D eigenvalue weighted by Gasteiger charge is -2.05. The number of para-hydroxylation sites is 1. The Morgan fingerprint density at radius 3 is 2.62 bits per heavy atom. The van der Waals surface area contributed by atoms with Crippen LogP contribution in [-0.2, 0) is 4.74 Å². The maximum absolute atomic E-state index is 12.2. The lowest BCUT2D eigenvalue weighted by Crippen LogP contribution is -2.08. The quantitative estimate of drug-likeness (QED) is 0.582. The molecular weight excluding hydrogens is 373 g/mol. The SMILES string of the molecule is CCOC(=O)c1nnn(-c2ccccc2)c1/C=C/c1ccc(Cl)cc1Cl. The molecule has 0 saturated carbocycles. The van der Waals surface area contributed by atoms with Crippen LogP contribution in [0.5, 0.6) is 0 Å². The first-order valence-electron chi connectivity index (χ1n) is 7.91. The van der Waals surface area contributed by atoms with Crippen molar-refractivity contribution in [3.63, 3.8) is 0 Å². The van der Waals surface area contributed by atoms with Crippen LogP contribution in [0.4, 0.5) is 0 Å². The Bertz CT molecular complexity index is 953. The molecule has 0 aliphatic rings. The van der Waals surface area contributed by atoms with Crippen molar-refractivity contribution in [1.82, 2.24) is 15.0 Å². The van der Waals surface area contributed by atoms with E-state index < -0.39 is 5.97 Å². The van der Waals surface area contributed by atoms with E-state index in [9.17, 15) is 4.79 Å². The standard InChI is InChI=1S/C19H15Cl2N3O2/c1-2-26-19(25)18-17(11-9-13-8-10-14(20)12-16(13)21)24(23-22-18)15-6-4-3-5-7-15/h3-12H,2H2,1H3/b11-9+. The Balaban J connectivity index is 2.06. The van der Waals surface area contributed by atoms with Crippen molar-refractivity contribution in [2.45, 2.75) is 6.92 Å². The van der Waals surface area contributed by atoms with Gasteiger partial charge in [-0.3, -0.25) is 0 Å². The molecule has 26 heavy (non-hydrogen) atoms. The van der Waals surface area contributed by atoms with E-state index in [1.54, 1.807) is 42.0 Å². The van der Waals surface area contributed by atoms with Crippen LogP contribution < -0.4 is 0 Å². The molecule has 0 bridgehead atoms. The molecule has 3 aromatic rings. The van der Waals surface area contributed by atoms with E-state index in [-0.39, 0.29) is 12.3 Å². The van der Waals surface area contributed by atoms with Crippen LogP contribution in [0.1, 0.15) is 28.7 Å². The number of hydrogen-bond donors (Lipinski definition) is 0. The van der Waals surface area contributed by atoms with Crippen molar-refractivity contribution in [1.29, 1.82) is 0 Å². The molecule has 0 N–H and O–H groups in total. The number of aromatic nitrogens is 3. The summed E-state index contributed by atoms with van der Waals surface area (Å²) in [6.07, 6.45) is 3.51. The number of hydrogen-bond acceptors (Lipinski definition) is 4. The third-order valence-electron chi connectivity index (χ3n) is 3.56. The zero-order valence-electron chi connectivity index (χ0n) is 13.9. The van der Waals surface area contributed by atoms with Gasteiger partial charge in [0.2, 0.25) is 0 Å². The summed E-state index contributed by atoms with van der Waals surface area (Å²) in [6.45, 7) is 1.99. The van der Waals surface area contributed by atoms with Crippen molar-refractivity contribution in [2.75, 3.05) is 6.61 Å². The molecule has 7 heteroatoms. The van der Waals surface area contributed by atoms with Crippen molar-refractivity contribution in [2.24, 2.45) is 0 Å². The monoisotopic (exact) mass is 387 g/mol. The number of rotatable bonds is 5. The molecule has 0 amide bonds. The highest BCUT2D eigenvalue weighted by Gasteiger charge is 2.20. The van der Waals surface area contributed by atoms with Crippen molar-refractivity contribution in [3.05, 3.63) is 75.5 Å². The number of carbonyl (C=O) groups is 1. The van der Waals surface area contributed by atoms with Gasteiger partial charge in [-0.1, -0.05) is 58.8 Å². The molecule has 1 heterocycles. The highest BCUT2D eigenvalue weighted by atomic mass is 35.5. The molecule has 0 fully saturated rings. The number of ether oxygens (including phenoxy) is 1. The first kappa shape index (κ1) is 18.2. The molecule has 0 atom stereocenters. The van der Waals surface area contributed by atoms with Crippen LogP contribution in [0.2, 0.25) is 10.0 Å². The van der Waals surface area contributed by atoms with Crippen LogP contribution in [-0.4, -0.2) is 27.6 Å². The molecule has 0 spiro atoms. The normalized spacial score (nSPS) is 11.0. The van der Waals surface area contributed by atoms with Gasteiger partial charge in [0, 0.05) is 10.0 Å². The minimum Gasteiger partial charge on any atom is -0.461 e. The van der Waals surface area contributed by atoms with E-state index in [2.05, 4.69) is 10.3 Å². The van der Waals surface area contributed by atoms with Gasteiger partial charge in [0.1, 0.15) is 5.69 Å². The van der Waals surface area contributed by atoms with Gasteiger partial charge in [-0.2, -0.15) is 0 Å². The fraction of sp³-hybridized carbons (Fsp3) is 0.105. The van der Waals surface area contributed by atoms with Gasteiger partial charge < -0.3 is 4.74 Å². The van der Waals surface area contributed by atoms with Crippen LogP contribution in [0, 0.1) is 0 Å². The molecule has 3 rings (SSSR count). The number of carbonyl (C=O) groups excluding carboxylic acids is 1. The zero-order chi connectivity index (χ0) is 18.5. The lowest BCUT2D eigenvalue weighted by atomic mass is 10.2. The average molecular weight is 388 g/mol. The van der Waals surface area contributed by atoms with E-state index in [1.807, 2.05) is 30.3 Å². The molecular formula is C19H15Cl2N3O2. The van der Waals surface area contributed by atoms with Gasteiger partial charge in [0.25, 0.3) is 0 Å². The number of esters is 1. The van der Waals surface area contributed by atoms with Crippen molar-refractivity contribution >= 4 is 41.3 Å². The Morgan fingerprint density at radius 1 is 1.15 bits per heavy atom. The summed E-state index contributed by atoms with van der Waals surface area (Å²) < 4.78 is 6.65. The van der Waals surface area contributed by atoms with Crippen molar-refractivity contribution in [3.8, 4) is 5.69 Å². The van der Waals surface area contributed by atoms with Gasteiger partial charge in [0.05, 0.1) is 12.3 Å². The predicted molar refractivity (Wildman–Crippen MR) is 103 cm³/mol. The van der Waals surface area contributed by atoms with E-state index in [0.717, 1.165) is 11.3 Å². The Kier molecular flexibility index (Phi) is 5.71. The smallest absolute Gasteiger partial charge is 0.361 e. The number of benzene rings is 2. The molecule has 0 aliphatic carbocycles. The van der Waals surface area contributed by atoms with E-state index in [1.165, 1.54) is 0 Å². The second kappa shape index (κ2) is 8.17. The molecule has 132 valence electrons. The topological polar surface area (TPSA) is 57.0 Å². The van der Waals surface area contributed by atoms with Gasteiger partial charge >= 0.3 is 5.97 Å². The molecule has 0 unspecified atom stereocenters. The predicted octanol–water partition coefficient (Wildman–Crippen LogP) is 4.92. The summed E-state index contributed by atoms with van der Waals surface area (Å²) in [5.41, 5.74) is 2.17. The lowest BCUT2D eigenvalue weighted by molar-refractivity contribution is 0.0519. The second-order valence-corrected chi connectivity index (χ2v) is 6.13. The minimum atomic E-state index is -0.531. The van der Waals surface area contributed by atoms with Crippen LogP contribution >= 0.6 is 23.2 Å². The summed E-state index contributed by atoms with van der Waals surface area (Å²) in [5, 5.41) is 9.15. The molecule has 0 aliphatic heterocycles. The molecule has 0 radical (unpaired) electrons. The third-order valence-corrected chi connectivity index (χ3v) is 4.12. The fourth-order valence-electron chi connectivity index (χ4n) is 2.35. The third kappa shape index (κ3) is 3.95. The highest BCUT2D eigenvalue weighted by molar-refractivity contribution is 6.35. The second-order valence-electron chi connectivity index (χ2n) is 5.29. The number of nitrogens with zero attached hydrogens (tertiary/aromatic N) is 3. The largest absolute Gasteiger partial charge is 0.461 e. The summed E-state index contributed by atoms with van der Waals surface area (Å²) in [6, 6.07) is 14.6. The van der Waals surface area contributed by atoms with Gasteiger partial charge in [0.15, 0.2) is 5.69 Å². The Labute approximate surface area is 160 Å². The first-order chi connectivity index (χ1) is 12.6. The molecule has 5 nitrogen and oxygen atoms in total. The van der Waals surface area contributed by atoms with E-state index >= 15 is 0 Å². The van der Waals surface area contributed by atoms with Crippen LogP contribution in [0.25, 0.3) is 17.8 Å². The van der Waals surface area contributed by atoms with Gasteiger partial charge in [-0.15, -0.1) is 5.10 Å². The Morgan fingerprint density at radius 2 is 1.92 bits per heavy atom. The zero-order valence-corrected chi connectivity index (χ0v) is 15.4. The molecule has 2 aromatic carbocycles. The molecule has 1 aromatic heterocycles. The Hall–Kier alpha value is -2.63. The maximum Gasteiger partial charge on any atom is 0.361 e.